The van der Waals surface area contributed by atoms with Gasteiger partial charge in [0.25, 0.3) is 10.2 Å². The molecule has 0 atom stereocenters. The molecule has 2 rings (SSSR count). The number of hydrogen-bond donors (Lipinski definition) is 1. The second-order valence-electron chi connectivity index (χ2n) is 4.11. The number of aryl methyl sites for hydroxylation is 1. The number of nitrogens with zero attached hydrogens (tertiary/aromatic N) is 2. The third-order valence-corrected chi connectivity index (χ3v) is 5.16. The van der Waals surface area contributed by atoms with Gasteiger partial charge in [-0.25, -0.2) is 4.98 Å². The van der Waals surface area contributed by atoms with Crippen LogP contribution in [0.25, 0.3) is 10.8 Å². The van der Waals surface area contributed by atoms with Crippen LogP contribution in [0, 0.1) is 6.92 Å². The summed E-state index contributed by atoms with van der Waals surface area (Å²) in [5.41, 5.74) is 0.804. The summed E-state index contributed by atoms with van der Waals surface area (Å²) >= 11 is 1.42. The molecule has 104 valence electrons. The molecule has 0 bridgehead atoms. The zero-order chi connectivity index (χ0) is 14.0. The van der Waals surface area contributed by atoms with Gasteiger partial charge in [-0.05, 0) is 19.1 Å². The van der Waals surface area contributed by atoms with Crippen LogP contribution in [0.2, 0.25) is 0 Å². The van der Waals surface area contributed by atoms with Gasteiger partial charge in [0.1, 0.15) is 0 Å². The molecule has 0 saturated carbocycles. The van der Waals surface area contributed by atoms with Gasteiger partial charge in [-0.2, -0.15) is 17.4 Å². The topological polar surface area (TPSA) is 75.4 Å². The summed E-state index contributed by atoms with van der Waals surface area (Å²) in [6.45, 7) is 2.08. The summed E-state index contributed by atoms with van der Waals surface area (Å²) in [4.78, 5) is 5.25. The summed E-state index contributed by atoms with van der Waals surface area (Å²) in [6.07, 6.45) is 1.58. The fourth-order valence-corrected chi connectivity index (χ4v) is 3.03. The van der Waals surface area contributed by atoms with Gasteiger partial charge in [0.15, 0.2) is 10.8 Å². The fourth-order valence-electron chi connectivity index (χ4n) is 1.38. The van der Waals surface area contributed by atoms with Crippen molar-refractivity contribution < 1.29 is 12.8 Å². The van der Waals surface area contributed by atoms with Crippen LogP contribution in [0.5, 0.6) is 0 Å². The summed E-state index contributed by atoms with van der Waals surface area (Å²) < 4.78 is 32.2. The van der Waals surface area contributed by atoms with Crippen molar-refractivity contribution in [1.29, 1.82) is 0 Å². The molecule has 0 unspecified atom stereocenters. The predicted molar refractivity (Wildman–Crippen MR) is 74.0 cm³/mol. The largest absolute Gasteiger partial charge is 0.462 e. The normalized spacial score (nSPS) is 12.2. The quantitative estimate of drug-likeness (QED) is 0.910. The molecular weight excluding hydrogens is 286 g/mol. The van der Waals surface area contributed by atoms with Gasteiger partial charge in [-0.1, -0.05) is 0 Å². The first-order valence-corrected chi connectivity index (χ1v) is 7.83. The highest BCUT2D eigenvalue weighted by molar-refractivity contribution is 7.87. The van der Waals surface area contributed by atoms with Gasteiger partial charge < -0.3 is 4.42 Å². The fraction of sp³-hybridized carbons (Fsp3) is 0.364. The maximum absolute atomic E-state index is 11.6. The SMILES string of the molecule is Cc1nc(-c2ccco2)sc1CNS(=O)(=O)N(C)C. The molecule has 2 aromatic rings. The average Bonchev–Trinajstić information content (AvgIpc) is 2.95. The first kappa shape index (κ1) is 14.2. The van der Waals surface area contributed by atoms with Gasteiger partial charge in [0.2, 0.25) is 0 Å². The number of hydrogen-bond acceptors (Lipinski definition) is 5. The third kappa shape index (κ3) is 3.21. The smallest absolute Gasteiger partial charge is 0.279 e. The Morgan fingerprint density at radius 2 is 2.21 bits per heavy atom. The minimum absolute atomic E-state index is 0.227. The molecule has 2 aromatic heterocycles. The van der Waals surface area contributed by atoms with E-state index < -0.39 is 10.2 Å². The number of rotatable bonds is 5. The lowest BCUT2D eigenvalue weighted by Gasteiger charge is -2.11. The molecule has 1 N–H and O–H groups in total. The Bertz CT molecular complexity index is 645. The van der Waals surface area contributed by atoms with Crippen LogP contribution in [0.1, 0.15) is 10.6 Å². The number of nitrogens with one attached hydrogen (secondary N) is 1. The van der Waals surface area contributed by atoms with Crippen LogP contribution in [0.4, 0.5) is 0 Å². The van der Waals surface area contributed by atoms with Crippen molar-refractivity contribution in [2.24, 2.45) is 0 Å². The molecule has 6 nitrogen and oxygen atoms in total. The first-order valence-electron chi connectivity index (χ1n) is 5.57. The molecule has 0 aromatic carbocycles. The van der Waals surface area contributed by atoms with E-state index in [-0.39, 0.29) is 6.54 Å². The standard InChI is InChI=1S/C11H15N3O3S2/c1-8-10(7-12-19(15,16)14(2)3)18-11(13-8)9-5-4-6-17-9/h4-6,12H,7H2,1-3H3. The Morgan fingerprint density at radius 1 is 1.47 bits per heavy atom. The van der Waals surface area contributed by atoms with E-state index in [1.54, 1.807) is 12.3 Å². The van der Waals surface area contributed by atoms with Gasteiger partial charge in [0.05, 0.1) is 12.0 Å². The summed E-state index contributed by atoms with van der Waals surface area (Å²) in [7, 11) is -0.454. The van der Waals surface area contributed by atoms with E-state index in [4.69, 9.17) is 4.42 Å². The molecule has 0 aliphatic rings. The first-order chi connectivity index (χ1) is 8.90. The Labute approximate surface area is 116 Å². The Balaban J connectivity index is 2.15. The van der Waals surface area contributed by atoms with Crippen molar-refractivity contribution in [2.75, 3.05) is 14.1 Å². The van der Waals surface area contributed by atoms with E-state index in [1.165, 1.54) is 25.4 Å². The van der Waals surface area contributed by atoms with Crippen LogP contribution >= 0.6 is 11.3 Å². The summed E-state index contributed by atoms with van der Waals surface area (Å²) in [6, 6.07) is 3.62. The van der Waals surface area contributed by atoms with Crippen molar-refractivity contribution in [2.45, 2.75) is 13.5 Å². The highest BCUT2D eigenvalue weighted by atomic mass is 32.2. The van der Waals surface area contributed by atoms with Gasteiger partial charge >= 0.3 is 0 Å². The van der Waals surface area contributed by atoms with Crippen LogP contribution in [0.3, 0.4) is 0 Å². The van der Waals surface area contributed by atoms with Crippen LogP contribution in [0.15, 0.2) is 22.8 Å². The number of thiazole rings is 1. The van der Waals surface area contributed by atoms with E-state index in [0.717, 1.165) is 19.9 Å². The monoisotopic (exact) mass is 301 g/mol. The molecule has 8 heteroatoms. The van der Waals surface area contributed by atoms with E-state index in [2.05, 4.69) is 9.71 Å². The molecule has 0 amide bonds. The van der Waals surface area contributed by atoms with E-state index >= 15 is 0 Å². The van der Waals surface area contributed by atoms with Gasteiger partial charge in [-0.15, -0.1) is 11.3 Å². The zero-order valence-corrected chi connectivity index (χ0v) is 12.5. The highest BCUT2D eigenvalue weighted by Gasteiger charge is 2.16. The van der Waals surface area contributed by atoms with E-state index in [9.17, 15) is 8.42 Å². The molecule has 2 heterocycles. The molecule has 0 fully saturated rings. The molecule has 0 aliphatic heterocycles. The number of aromatic nitrogens is 1. The Kier molecular flexibility index (Phi) is 4.04. The number of furan rings is 1. The minimum Gasteiger partial charge on any atom is -0.462 e. The molecule has 19 heavy (non-hydrogen) atoms. The molecule has 0 spiro atoms. The van der Waals surface area contributed by atoms with Crippen LogP contribution in [-0.2, 0) is 16.8 Å². The molecule has 0 radical (unpaired) electrons. The summed E-state index contributed by atoms with van der Waals surface area (Å²) in [5, 5.41) is 0.751. The lowest BCUT2D eigenvalue weighted by molar-refractivity contribution is 0.505. The van der Waals surface area contributed by atoms with E-state index in [1.807, 2.05) is 13.0 Å². The lowest BCUT2D eigenvalue weighted by Crippen LogP contribution is -2.35. The van der Waals surface area contributed by atoms with Crippen molar-refractivity contribution in [3.8, 4) is 10.8 Å². The Hall–Kier alpha value is -1.22. The minimum atomic E-state index is -3.42. The van der Waals surface area contributed by atoms with Gasteiger partial charge in [0, 0.05) is 25.5 Å². The molecule has 0 aliphatic carbocycles. The zero-order valence-electron chi connectivity index (χ0n) is 10.9. The lowest BCUT2D eigenvalue weighted by atomic mass is 10.4. The highest BCUT2D eigenvalue weighted by Crippen LogP contribution is 2.28. The van der Waals surface area contributed by atoms with Gasteiger partial charge in [-0.3, -0.25) is 0 Å². The second kappa shape index (κ2) is 5.41. The predicted octanol–water partition coefficient (Wildman–Crippen LogP) is 1.61. The van der Waals surface area contributed by atoms with Crippen molar-refractivity contribution in [1.82, 2.24) is 14.0 Å². The van der Waals surface area contributed by atoms with Crippen LogP contribution in [-0.4, -0.2) is 31.8 Å². The van der Waals surface area contributed by atoms with Crippen molar-refractivity contribution >= 4 is 21.5 Å². The van der Waals surface area contributed by atoms with Crippen molar-refractivity contribution in [3.63, 3.8) is 0 Å². The Morgan fingerprint density at radius 3 is 2.79 bits per heavy atom. The molecule has 0 saturated heterocycles. The molecular formula is C11H15N3O3S2. The third-order valence-electron chi connectivity index (χ3n) is 2.52. The average molecular weight is 301 g/mol. The maximum atomic E-state index is 11.6. The summed E-state index contributed by atoms with van der Waals surface area (Å²) in [5.74, 6) is 0.690. The van der Waals surface area contributed by atoms with E-state index in [0.29, 0.717) is 5.76 Å². The van der Waals surface area contributed by atoms with Crippen LogP contribution < -0.4 is 4.72 Å². The van der Waals surface area contributed by atoms with Crippen molar-refractivity contribution in [3.05, 3.63) is 29.0 Å². The second-order valence-corrected chi connectivity index (χ2v) is 7.17. The maximum Gasteiger partial charge on any atom is 0.279 e.